The maximum atomic E-state index is 11.4. The van der Waals surface area contributed by atoms with E-state index in [1.165, 1.54) is 12.7 Å². The summed E-state index contributed by atoms with van der Waals surface area (Å²) in [5.41, 5.74) is 2.22. The van der Waals surface area contributed by atoms with E-state index in [1.807, 2.05) is 44.2 Å². The Labute approximate surface area is 127 Å². The summed E-state index contributed by atoms with van der Waals surface area (Å²) in [4.78, 5) is 11.4. The van der Waals surface area contributed by atoms with Gasteiger partial charge in [0.1, 0.15) is 12.4 Å². The van der Waals surface area contributed by atoms with E-state index in [9.17, 15) is 4.79 Å². The number of methoxy groups -OCH3 is 1. The topological polar surface area (TPSA) is 35.5 Å². The summed E-state index contributed by atoms with van der Waals surface area (Å²) in [5.74, 6) is 6.30. The number of hydrogen-bond donors (Lipinski definition) is 0. The first-order valence-electron chi connectivity index (χ1n) is 6.92. The minimum atomic E-state index is -0.258. The summed E-state index contributed by atoms with van der Waals surface area (Å²) in [6.07, 6.45) is 2.28. The molecule has 0 spiro atoms. The molecule has 0 aliphatic heterocycles. The fraction of sp³-hybridized carbons (Fsp3) is 0.389. The fourth-order valence-electron chi connectivity index (χ4n) is 1.78. The van der Waals surface area contributed by atoms with Gasteiger partial charge in [-0.3, -0.25) is 4.79 Å². The van der Waals surface area contributed by atoms with Crippen molar-refractivity contribution < 1.29 is 14.3 Å². The van der Waals surface area contributed by atoms with Gasteiger partial charge in [0.2, 0.25) is 0 Å². The third-order valence-corrected chi connectivity index (χ3v) is 2.94. The Bertz CT molecular complexity index is 540. The molecule has 1 unspecified atom stereocenters. The molecule has 3 heteroatoms. The van der Waals surface area contributed by atoms with Crippen molar-refractivity contribution in [2.45, 2.75) is 33.1 Å². The second-order valence-electron chi connectivity index (χ2n) is 4.89. The number of carbonyl (C=O) groups is 1. The molecule has 1 aromatic rings. The highest BCUT2D eigenvalue weighted by Crippen LogP contribution is 2.22. The quantitative estimate of drug-likeness (QED) is 0.454. The maximum Gasteiger partial charge on any atom is 0.307 e. The average molecular weight is 286 g/mol. The van der Waals surface area contributed by atoms with Crippen molar-refractivity contribution in [3.8, 4) is 17.6 Å². The lowest BCUT2D eigenvalue weighted by molar-refractivity contribution is -0.140. The molecule has 0 heterocycles. The van der Waals surface area contributed by atoms with Gasteiger partial charge in [0.25, 0.3) is 0 Å². The Morgan fingerprint density at radius 2 is 1.95 bits per heavy atom. The van der Waals surface area contributed by atoms with Crippen LogP contribution in [0.3, 0.4) is 0 Å². The number of ether oxygens (including phenoxy) is 2. The van der Waals surface area contributed by atoms with Crippen LogP contribution >= 0.6 is 0 Å². The molecule has 0 N–H and O–H groups in total. The molecule has 0 saturated heterocycles. The first-order valence-corrected chi connectivity index (χ1v) is 6.92. The number of rotatable bonds is 6. The molecule has 0 aromatic heterocycles. The van der Waals surface area contributed by atoms with Crippen LogP contribution in [0.2, 0.25) is 0 Å². The monoisotopic (exact) mass is 286 g/mol. The highest BCUT2D eigenvalue weighted by atomic mass is 16.5. The lowest BCUT2D eigenvalue weighted by Crippen LogP contribution is -2.07. The van der Waals surface area contributed by atoms with E-state index in [4.69, 9.17) is 9.47 Å². The number of benzene rings is 1. The molecule has 1 aromatic carbocycles. The van der Waals surface area contributed by atoms with Crippen LogP contribution in [0.1, 0.15) is 38.7 Å². The lowest BCUT2D eigenvalue weighted by Gasteiger charge is -2.11. The maximum absolute atomic E-state index is 11.4. The van der Waals surface area contributed by atoms with Gasteiger partial charge in [-0.1, -0.05) is 23.6 Å². The van der Waals surface area contributed by atoms with Gasteiger partial charge in [-0.15, -0.1) is 5.92 Å². The van der Waals surface area contributed by atoms with Crippen LogP contribution in [0.4, 0.5) is 0 Å². The second kappa shape index (κ2) is 8.86. The summed E-state index contributed by atoms with van der Waals surface area (Å²) in [5, 5.41) is 0. The highest BCUT2D eigenvalue weighted by molar-refractivity contribution is 5.71. The molecular formula is C18H22O3. The predicted molar refractivity (Wildman–Crippen MR) is 84.2 cm³/mol. The van der Waals surface area contributed by atoms with E-state index >= 15 is 0 Å². The molecule has 1 atom stereocenters. The van der Waals surface area contributed by atoms with E-state index in [-0.39, 0.29) is 18.3 Å². The zero-order chi connectivity index (χ0) is 15.7. The van der Waals surface area contributed by atoms with Crippen LogP contribution in [0.15, 0.2) is 35.9 Å². The van der Waals surface area contributed by atoms with Gasteiger partial charge in [0, 0.05) is 0 Å². The Balaban J connectivity index is 2.75. The van der Waals surface area contributed by atoms with Gasteiger partial charge in [-0.25, -0.2) is 0 Å². The number of carbonyl (C=O) groups excluding carboxylic acids is 1. The Hall–Kier alpha value is -2.21. The van der Waals surface area contributed by atoms with E-state index in [0.717, 1.165) is 11.3 Å². The summed E-state index contributed by atoms with van der Waals surface area (Å²) >= 11 is 0. The smallest absolute Gasteiger partial charge is 0.307 e. The Morgan fingerprint density at radius 1 is 1.29 bits per heavy atom. The SMILES string of the molecule is CC#CC(CC(=O)OC)c1ccc(OCC=C(C)C)cc1. The van der Waals surface area contributed by atoms with Crippen molar-refractivity contribution in [1.82, 2.24) is 0 Å². The largest absolute Gasteiger partial charge is 0.490 e. The second-order valence-corrected chi connectivity index (χ2v) is 4.89. The van der Waals surface area contributed by atoms with Crippen LogP contribution < -0.4 is 4.74 Å². The van der Waals surface area contributed by atoms with Gasteiger partial charge < -0.3 is 9.47 Å². The molecule has 1 rings (SSSR count). The molecular weight excluding hydrogens is 264 g/mol. The number of hydrogen-bond acceptors (Lipinski definition) is 3. The summed E-state index contributed by atoms with van der Waals surface area (Å²) in [6, 6.07) is 7.68. The van der Waals surface area contributed by atoms with Crippen LogP contribution in [0.5, 0.6) is 5.75 Å². The van der Waals surface area contributed by atoms with E-state index in [2.05, 4.69) is 11.8 Å². The van der Waals surface area contributed by atoms with Gasteiger partial charge in [0.05, 0.1) is 19.4 Å². The highest BCUT2D eigenvalue weighted by Gasteiger charge is 2.14. The molecule has 21 heavy (non-hydrogen) atoms. The van der Waals surface area contributed by atoms with Crippen LogP contribution in [0.25, 0.3) is 0 Å². The average Bonchev–Trinajstić information content (AvgIpc) is 2.47. The van der Waals surface area contributed by atoms with Crippen molar-refractivity contribution in [1.29, 1.82) is 0 Å². The first-order chi connectivity index (χ1) is 10.1. The van der Waals surface area contributed by atoms with Gasteiger partial charge in [-0.05, 0) is 44.5 Å². The third kappa shape index (κ3) is 6.18. The van der Waals surface area contributed by atoms with Gasteiger partial charge in [0.15, 0.2) is 0 Å². The Morgan fingerprint density at radius 3 is 2.48 bits per heavy atom. The molecule has 0 bridgehead atoms. The molecule has 0 amide bonds. The fourth-order valence-corrected chi connectivity index (χ4v) is 1.78. The zero-order valence-corrected chi connectivity index (χ0v) is 13.1. The minimum absolute atomic E-state index is 0.144. The van der Waals surface area contributed by atoms with Crippen molar-refractivity contribution in [3.05, 3.63) is 41.5 Å². The number of allylic oxidation sites excluding steroid dienone is 1. The molecule has 0 aliphatic carbocycles. The molecule has 3 nitrogen and oxygen atoms in total. The van der Waals surface area contributed by atoms with Crippen LogP contribution in [0, 0.1) is 11.8 Å². The summed E-state index contributed by atoms with van der Waals surface area (Å²) in [7, 11) is 1.39. The van der Waals surface area contributed by atoms with Crippen molar-refractivity contribution in [2.75, 3.05) is 13.7 Å². The van der Waals surface area contributed by atoms with Crippen molar-refractivity contribution in [2.24, 2.45) is 0 Å². The lowest BCUT2D eigenvalue weighted by atomic mass is 9.96. The third-order valence-electron chi connectivity index (χ3n) is 2.94. The molecule has 0 radical (unpaired) electrons. The molecule has 0 aliphatic rings. The normalized spacial score (nSPS) is 10.9. The van der Waals surface area contributed by atoms with Crippen molar-refractivity contribution in [3.63, 3.8) is 0 Å². The summed E-state index contributed by atoms with van der Waals surface area (Å²) in [6.45, 7) is 6.39. The standard InChI is InChI=1S/C18H22O3/c1-5-6-16(13-18(19)20-4)15-7-9-17(10-8-15)21-12-11-14(2)3/h7-11,16H,12-13H2,1-4H3. The predicted octanol–water partition coefficient (Wildman–Crippen LogP) is 3.70. The molecule has 0 saturated carbocycles. The van der Waals surface area contributed by atoms with E-state index < -0.39 is 0 Å². The number of esters is 1. The van der Waals surface area contributed by atoms with Crippen LogP contribution in [-0.2, 0) is 9.53 Å². The molecule has 0 fully saturated rings. The minimum Gasteiger partial charge on any atom is -0.490 e. The zero-order valence-electron chi connectivity index (χ0n) is 13.1. The van der Waals surface area contributed by atoms with Crippen LogP contribution in [-0.4, -0.2) is 19.7 Å². The van der Waals surface area contributed by atoms with Gasteiger partial charge >= 0.3 is 5.97 Å². The molecule has 112 valence electrons. The van der Waals surface area contributed by atoms with E-state index in [1.54, 1.807) is 6.92 Å². The first kappa shape index (κ1) is 16.8. The van der Waals surface area contributed by atoms with Gasteiger partial charge in [-0.2, -0.15) is 0 Å². The summed E-state index contributed by atoms with van der Waals surface area (Å²) < 4.78 is 10.3. The Kier molecular flexibility index (Phi) is 7.11. The van der Waals surface area contributed by atoms with E-state index in [0.29, 0.717) is 6.61 Å². The van der Waals surface area contributed by atoms with Crippen molar-refractivity contribution >= 4 is 5.97 Å².